The first-order valence-corrected chi connectivity index (χ1v) is 7.49. The van der Waals surface area contributed by atoms with E-state index in [0.717, 1.165) is 18.5 Å². The molecular formula is C17H17FN2O3. The molecule has 0 saturated heterocycles. The van der Waals surface area contributed by atoms with Gasteiger partial charge in [-0.2, -0.15) is 0 Å². The van der Waals surface area contributed by atoms with E-state index < -0.39 is 17.8 Å². The number of H-pyrrole nitrogens is 1. The quantitative estimate of drug-likeness (QED) is 0.787. The van der Waals surface area contributed by atoms with Crippen molar-refractivity contribution in [1.82, 2.24) is 10.3 Å². The van der Waals surface area contributed by atoms with Gasteiger partial charge in [0.2, 0.25) is 5.56 Å². The number of benzene rings is 1. The summed E-state index contributed by atoms with van der Waals surface area (Å²) < 4.78 is 13.1. The van der Waals surface area contributed by atoms with Crippen molar-refractivity contribution in [2.75, 3.05) is 6.54 Å². The zero-order valence-corrected chi connectivity index (χ0v) is 12.4. The molecule has 6 heteroatoms. The molecule has 23 heavy (non-hydrogen) atoms. The van der Waals surface area contributed by atoms with Crippen LogP contribution in [0.1, 0.15) is 46.5 Å². The number of aromatic nitrogens is 1. The number of amides is 1. The molecule has 1 fully saturated rings. The largest absolute Gasteiger partial charge is 0.387 e. The average Bonchev–Trinajstić information content (AvgIpc) is 3.36. The van der Waals surface area contributed by atoms with Crippen LogP contribution in [-0.4, -0.2) is 22.5 Å². The normalized spacial score (nSPS) is 15.2. The molecule has 0 aliphatic heterocycles. The molecule has 0 radical (unpaired) electrons. The van der Waals surface area contributed by atoms with E-state index in [1.807, 2.05) is 0 Å². The van der Waals surface area contributed by atoms with E-state index in [-0.39, 0.29) is 17.7 Å². The number of aliphatic hydroxyl groups excluding tert-OH is 1. The molecule has 1 aromatic heterocycles. The van der Waals surface area contributed by atoms with E-state index in [0.29, 0.717) is 11.5 Å². The second kappa shape index (κ2) is 6.34. The van der Waals surface area contributed by atoms with Gasteiger partial charge < -0.3 is 15.4 Å². The Labute approximate surface area is 132 Å². The standard InChI is InChI=1S/C17H17FN2O3/c18-13-3-1-2-11(6-13)15(21)9-19-17(23)12-7-14(10-4-5-10)20-16(22)8-12/h1-3,6-8,10,15,21H,4-5,9H2,(H,19,23)(H,20,22). The van der Waals surface area contributed by atoms with E-state index >= 15 is 0 Å². The first-order valence-electron chi connectivity index (χ1n) is 7.49. The predicted octanol–water partition coefficient (Wildman–Crippen LogP) is 1.85. The second-order valence-corrected chi connectivity index (χ2v) is 5.74. The van der Waals surface area contributed by atoms with Gasteiger partial charge in [-0.3, -0.25) is 9.59 Å². The third kappa shape index (κ3) is 3.84. The van der Waals surface area contributed by atoms with Crippen molar-refractivity contribution in [3.63, 3.8) is 0 Å². The van der Waals surface area contributed by atoms with Crippen LogP contribution in [0, 0.1) is 5.82 Å². The number of halogens is 1. The van der Waals surface area contributed by atoms with Crippen molar-refractivity contribution in [2.24, 2.45) is 0 Å². The van der Waals surface area contributed by atoms with Gasteiger partial charge in [0.15, 0.2) is 0 Å². The zero-order chi connectivity index (χ0) is 16.4. The first-order chi connectivity index (χ1) is 11.0. The minimum atomic E-state index is -1.01. The highest BCUT2D eigenvalue weighted by Crippen LogP contribution is 2.38. The maximum absolute atomic E-state index is 13.1. The molecule has 3 rings (SSSR count). The lowest BCUT2D eigenvalue weighted by atomic mass is 10.1. The Morgan fingerprint density at radius 2 is 2.13 bits per heavy atom. The van der Waals surface area contributed by atoms with Crippen molar-refractivity contribution in [1.29, 1.82) is 0 Å². The zero-order valence-electron chi connectivity index (χ0n) is 12.4. The number of carbonyl (C=O) groups excluding carboxylic acids is 1. The van der Waals surface area contributed by atoms with Crippen molar-refractivity contribution in [3.05, 3.63) is 69.4 Å². The van der Waals surface area contributed by atoms with Crippen LogP contribution >= 0.6 is 0 Å². The average molecular weight is 316 g/mol. The van der Waals surface area contributed by atoms with Gasteiger partial charge >= 0.3 is 0 Å². The molecule has 0 bridgehead atoms. The van der Waals surface area contributed by atoms with Crippen LogP contribution in [-0.2, 0) is 0 Å². The number of hydrogen-bond acceptors (Lipinski definition) is 3. The Hall–Kier alpha value is -2.47. The number of hydrogen-bond donors (Lipinski definition) is 3. The topological polar surface area (TPSA) is 82.2 Å². The molecule has 1 unspecified atom stereocenters. The summed E-state index contributed by atoms with van der Waals surface area (Å²) in [4.78, 5) is 26.5. The Balaban J connectivity index is 1.66. The summed E-state index contributed by atoms with van der Waals surface area (Å²) >= 11 is 0. The minimum Gasteiger partial charge on any atom is -0.387 e. The lowest BCUT2D eigenvalue weighted by Gasteiger charge is -2.12. The van der Waals surface area contributed by atoms with Crippen molar-refractivity contribution < 1.29 is 14.3 Å². The second-order valence-electron chi connectivity index (χ2n) is 5.74. The molecule has 1 saturated carbocycles. The third-order valence-corrected chi connectivity index (χ3v) is 3.83. The molecule has 2 aromatic rings. The summed E-state index contributed by atoms with van der Waals surface area (Å²) in [6.07, 6.45) is 1.01. The fourth-order valence-electron chi connectivity index (χ4n) is 2.43. The monoisotopic (exact) mass is 316 g/mol. The van der Waals surface area contributed by atoms with Gasteiger partial charge in [-0.05, 0) is 42.5 Å². The number of nitrogens with one attached hydrogen (secondary N) is 2. The molecule has 3 N–H and O–H groups in total. The van der Waals surface area contributed by atoms with E-state index in [2.05, 4.69) is 10.3 Å². The molecular weight excluding hydrogens is 299 g/mol. The lowest BCUT2D eigenvalue weighted by Crippen LogP contribution is -2.29. The molecule has 1 heterocycles. The first kappa shape index (κ1) is 15.4. The Morgan fingerprint density at radius 1 is 1.35 bits per heavy atom. The molecule has 1 atom stereocenters. The molecule has 0 spiro atoms. The fraction of sp³-hybridized carbons (Fsp3) is 0.294. The van der Waals surface area contributed by atoms with Crippen LogP contribution in [0.25, 0.3) is 0 Å². The van der Waals surface area contributed by atoms with Crippen LogP contribution in [0.4, 0.5) is 4.39 Å². The highest BCUT2D eigenvalue weighted by atomic mass is 19.1. The molecule has 120 valence electrons. The molecule has 1 aliphatic rings. The maximum atomic E-state index is 13.1. The van der Waals surface area contributed by atoms with Gasteiger partial charge in [0.25, 0.3) is 5.91 Å². The van der Waals surface area contributed by atoms with Gasteiger partial charge in [-0.25, -0.2) is 4.39 Å². The fourth-order valence-corrected chi connectivity index (χ4v) is 2.43. The molecule has 1 aliphatic carbocycles. The highest BCUT2D eigenvalue weighted by Gasteiger charge is 2.25. The summed E-state index contributed by atoms with van der Waals surface area (Å²) in [7, 11) is 0. The van der Waals surface area contributed by atoms with Gasteiger partial charge in [0.1, 0.15) is 5.82 Å². The number of rotatable bonds is 5. The summed E-state index contributed by atoms with van der Waals surface area (Å²) in [5, 5.41) is 12.6. The van der Waals surface area contributed by atoms with Gasteiger partial charge in [-0.1, -0.05) is 12.1 Å². The summed E-state index contributed by atoms with van der Waals surface area (Å²) in [5.74, 6) is -0.557. The van der Waals surface area contributed by atoms with Crippen LogP contribution in [0.5, 0.6) is 0 Å². The van der Waals surface area contributed by atoms with Gasteiger partial charge in [0, 0.05) is 23.9 Å². The van der Waals surface area contributed by atoms with E-state index in [1.165, 1.54) is 24.3 Å². The van der Waals surface area contributed by atoms with Gasteiger partial charge in [-0.15, -0.1) is 0 Å². The summed E-state index contributed by atoms with van der Waals surface area (Å²) in [5.41, 5.74) is 1.11. The van der Waals surface area contributed by atoms with Crippen LogP contribution < -0.4 is 10.9 Å². The van der Waals surface area contributed by atoms with Crippen LogP contribution in [0.3, 0.4) is 0 Å². The number of carbonyl (C=O) groups is 1. The molecule has 5 nitrogen and oxygen atoms in total. The van der Waals surface area contributed by atoms with Crippen molar-refractivity contribution >= 4 is 5.91 Å². The highest BCUT2D eigenvalue weighted by molar-refractivity contribution is 5.94. The van der Waals surface area contributed by atoms with E-state index in [9.17, 15) is 19.1 Å². The summed E-state index contributed by atoms with van der Waals surface area (Å²) in [6, 6.07) is 8.48. The lowest BCUT2D eigenvalue weighted by molar-refractivity contribution is 0.0916. The van der Waals surface area contributed by atoms with E-state index in [4.69, 9.17) is 0 Å². The Morgan fingerprint density at radius 3 is 2.83 bits per heavy atom. The van der Waals surface area contributed by atoms with Crippen LogP contribution in [0.2, 0.25) is 0 Å². The molecule has 1 aromatic carbocycles. The van der Waals surface area contributed by atoms with E-state index in [1.54, 1.807) is 12.1 Å². The Bertz CT molecular complexity index is 783. The SMILES string of the molecule is O=C(NCC(O)c1cccc(F)c1)c1cc(C2CC2)[nH]c(=O)c1. The van der Waals surface area contributed by atoms with Crippen molar-refractivity contribution in [3.8, 4) is 0 Å². The van der Waals surface area contributed by atoms with Gasteiger partial charge in [0.05, 0.1) is 6.10 Å². The molecule has 1 amide bonds. The number of aromatic amines is 1. The predicted molar refractivity (Wildman–Crippen MR) is 82.7 cm³/mol. The summed E-state index contributed by atoms with van der Waals surface area (Å²) in [6.45, 7) is -0.0617. The third-order valence-electron chi connectivity index (χ3n) is 3.83. The Kier molecular flexibility index (Phi) is 4.25. The van der Waals surface area contributed by atoms with Crippen molar-refractivity contribution in [2.45, 2.75) is 24.9 Å². The minimum absolute atomic E-state index is 0.0617. The number of pyridine rings is 1. The smallest absolute Gasteiger partial charge is 0.251 e. The van der Waals surface area contributed by atoms with Crippen LogP contribution in [0.15, 0.2) is 41.2 Å². The maximum Gasteiger partial charge on any atom is 0.251 e. The number of aliphatic hydroxyl groups is 1.